The molecule has 0 amide bonds. The van der Waals surface area contributed by atoms with E-state index in [0.717, 1.165) is 26.2 Å². The monoisotopic (exact) mass is 185 g/mol. The number of hydrogen-bond acceptors (Lipinski definition) is 3. The van der Waals surface area contributed by atoms with Gasteiger partial charge in [0.15, 0.2) is 0 Å². The van der Waals surface area contributed by atoms with Crippen molar-refractivity contribution in [3.63, 3.8) is 0 Å². The van der Waals surface area contributed by atoms with E-state index >= 15 is 0 Å². The highest BCUT2D eigenvalue weighted by molar-refractivity contribution is 4.94. The average Bonchev–Trinajstić information content (AvgIpc) is 2.42. The summed E-state index contributed by atoms with van der Waals surface area (Å²) in [6, 6.07) is 1.00. The fourth-order valence-corrected chi connectivity index (χ4v) is 2.09. The lowest BCUT2D eigenvalue weighted by Gasteiger charge is -2.23. The van der Waals surface area contributed by atoms with Gasteiger partial charge in [0.1, 0.15) is 0 Å². The van der Waals surface area contributed by atoms with Gasteiger partial charge >= 0.3 is 0 Å². The standard InChI is InChI=1S/C10H19NO2/c1-2-3-4-13-10-5-8-6-12-7-9(10)11-8/h8-11H,2-7H2,1H3. The summed E-state index contributed by atoms with van der Waals surface area (Å²) in [5, 5.41) is 3.52. The summed E-state index contributed by atoms with van der Waals surface area (Å²) in [6.07, 6.45) is 3.92. The molecule has 13 heavy (non-hydrogen) atoms. The largest absolute Gasteiger partial charge is 0.378 e. The first-order chi connectivity index (χ1) is 6.40. The van der Waals surface area contributed by atoms with Crippen molar-refractivity contribution in [2.24, 2.45) is 0 Å². The van der Waals surface area contributed by atoms with Gasteiger partial charge in [-0.05, 0) is 12.8 Å². The molecule has 76 valence electrons. The molecule has 2 heterocycles. The second-order valence-corrected chi connectivity index (χ2v) is 4.01. The molecule has 2 saturated heterocycles. The van der Waals surface area contributed by atoms with Crippen LogP contribution in [0.1, 0.15) is 26.2 Å². The Morgan fingerprint density at radius 3 is 3.15 bits per heavy atom. The van der Waals surface area contributed by atoms with Gasteiger partial charge in [0.05, 0.1) is 25.4 Å². The summed E-state index contributed by atoms with van der Waals surface area (Å²) in [6.45, 7) is 4.79. The normalized spacial score (nSPS) is 38.1. The van der Waals surface area contributed by atoms with E-state index in [1.165, 1.54) is 12.8 Å². The summed E-state index contributed by atoms with van der Waals surface area (Å²) >= 11 is 0. The molecule has 0 radical (unpaired) electrons. The van der Waals surface area contributed by atoms with Crippen LogP contribution in [0.25, 0.3) is 0 Å². The molecule has 0 aliphatic carbocycles. The molecule has 0 aromatic carbocycles. The lowest BCUT2D eigenvalue weighted by molar-refractivity contribution is 0.0150. The Balaban J connectivity index is 1.74. The summed E-state index contributed by atoms with van der Waals surface area (Å²) in [4.78, 5) is 0. The third kappa shape index (κ3) is 2.22. The molecule has 3 atom stereocenters. The molecule has 2 aliphatic heterocycles. The van der Waals surface area contributed by atoms with Gasteiger partial charge in [0.2, 0.25) is 0 Å². The van der Waals surface area contributed by atoms with Gasteiger partial charge in [-0.25, -0.2) is 0 Å². The second-order valence-electron chi connectivity index (χ2n) is 4.01. The van der Waals surface area contributed by atoms with Crippen LogP contribution in [0.15, 0.2) is 0 Å². The van der Waals surface area contributed by atoms with E-state index in [1.807, 2.05) is 0 Å². The number of unbranched alkanes of at least 4 members (excludes halogenated alkanes) is 1. The summed E-state index contributed by atoms with van der Waals surface area (Å²) in [5.41, 5.74) is 0. The number of hydrogen-bond donors (Lipinski definition) is 1. The fourth-order valence-electron chi connectivity index (χ4n) is 2.09. The van der Waals surface area contributed by atoms with Crippen LogP contribution in [0.4, 0.5) is 0 Å². The maximum atomic E-state index is 5.81. The third-order valence-corrected chi connectivity index (χ3v) is 2.86. The minimum absolute atomic E-state index is 0.402. The van der Waals surface area contributed by atoms with Crippen LogP contribution in [0, 0.1) is 0 Å². The Morgan fingerprint density at radius 1 is 1.46 bits per heavy atom. The fraction of sp³-hybridized carbons (Fsp3) is 1.00. The smallest absolute Gasteiger partial charge is 0.0766 e. The number of nitrogens with one attached hydrogen (secondary N) is 1. The highest BCUT2D eigenvalue weighted by Gasteiger charge is 2.37. The van der Waals surface area contributed by atoms with Gasteiger partial charge in [0.25, 0.3) is 0 Å². The van der Waals surface area contributed by atoms with Crippen molar-refractivity contribution < 1.29 is 9.47 Å². The van der Waals surface area contributed by atoms with E-state index in [-0.39, 0.29) is 0 Å². The Kier molecular flexibility index (Phi) is 3.19. The van der Waals surface area contributed by atoms with Crippen LogP contribution in [0.5, 0.6) is 0 Å². The summed E-state index contributed by atoms with van der Waals surface area (Å²) < 4.78 is 11.3. The Labute approximate surface area is 79.8 Å². The zero-order valence-corrected chi connectivity index (χ0v) is 8.29. The predicted molar refractivity (Wildman–Crippen MR) is 50.8 cm³/mol. The van der Waals surface area contributed by atoms with E-state index in [1.54, 1.807) is 0 Å². The van der Waals surface area contributed by atoms with Gasteiger partial charge in [-0.3, -0.25) is 0 Å². The lowest BCUT2D eigenvalue weighted by atomic mass is 10.1. The molecular formula is C10H19NO2. The van der Waals surface area contributed by atoms with E-state index in [4.69, 9.17) is 9.47 Å². The van der Waals surface area contributed by atoms with Crippen molar-refractivity contribution in [1.82, 2.24) is 5.32 Å². The van der Waals surface area contributed by atoms with Crippen LogP contribution < -0.4 is 5.32 Å². The van der Waals surface area contributed by atoms with Crippen molar-refractivity contribution in [2.45, 2.75) is 44.4 Å². The molecular weight excluding hydrogens is 166 g/mol. The Morgan fingerprint density at radius 2 is 2.38 bits per heavy atom. The SMILES string of the molecule is CCCCOC1CC2COCC1N2. The third-order valence-electron chi connectivity index (χ3n) is 2.86. The minimum atomic E-state index is 0.402. The second kappa shape index (κ2) is 4.40. The first-order valence-corrected chi connectivity index (χ1v) is 5.35. The van der Waals surface area contributed by atoms with Gasteiger partial charge in [-0.15, -0.1) is 0 Å². The highest BCUT2D eigenvalue weighted by atomic mass is 16.5. The van der Waals surface area contributed by atoms with Gasteiger partial charge in [-0.2, -0.15) is 0 Å². The first-order valence-electron chi connectivity index (χ1n) is 5.35. The Bertz CT molecular complexity index is 163. The van der Waals surface area contributed by atoms with Crippen LogP contribution in [0.3, 0.4) is 0 Å². The van der Waals surface area contributed by atoms with Gasteiger partial charge in [0, 0.05) is 12.6 Å². The van der Waals surface area contributed by atoms with Crippen molar-refractivity contribution in [1.29, 1.82) is 0 Å². The van der Waals surface area contributed by atoms with Gasteiger partial charge < -0.3 is 14.8 Å². The lowest BCUT2D eigenvalue weighted by Crippen LogP contribution is -2.44. The van der Waals surface area contributed by atoms with Gasteiger partial charge in [-0.1, -0.05) is 13.3 Å². The number of morpholine rings is 1. The zero-order valence-electron chi connectivity index (χ0n) is 8.29. The van der Waals surface area contributed by atoms with Crippen molar-refractivity contribution >= 4 is 0 Å². The highest BCUT2D eigenvalue weighted by Crippen LogP contribution is 2.21. The molecule has 1 N–H and O–H groups in total. The van der Waals surface area contributed by atoms with E-state index in [9.17, 15) is 0 Å². The van der Waals surface area contributed by atoms with Crippen LogP contribution >= 0.6 is 0 Å². The average molecular weight is 185 g/mol. The quantitative estimate of drug-likeness (QED) is 0.661. The maximum absolute atomic E-state index is 5.81. The number of ether oxygens (including phenoxy) is 2. The predicted octanol–water partition coefficient (Wildman–Crippen LogP) is 0.932. The number of rotatable bonds is 4. The first kappa shape index (κ1) is 9.44. The molecule has 0 aromatic rings. The molecule has 0 aromatic heterocycles. The molecule has 2 bridgehead atoms. The molecule has 2 aliphatic rings. The van der Waals surface area contributed by atoms with Crippen LogP contribution in [-0.2, 0) is 9.47 Å². The molecule has 0 spiro atoms. The van der Waals surface area contributed by atoms with E-state index in [2.05, 4.69) is 12.2 Å². The van der Waals surface area contributed by atoms with Crippen molar-refractivity contribution in [2.75, 3.05) is 19.8 Å². The molecule has 2 fully saturated rings. The zero-order chi connectivity index (χ0) is 9.10. The van der Waals surface area contributed by atoms with Crippen molar-refractivity contribution in [3.05, 3.63) is 0 Å². The molecule has 3 nitrogen and oxygen atoms in total. The van der Waals surface area contributed by atoms with E-state index < -0.39 is 0 Å². The Hall–Kier alpha value is -0.120. The maximum Gasteiger partial charge on any atom is 0.0766 e. The molecule has 0 saturated carbocycles. The summed E-state index contributed by atoms with van der Waals surface area (Å²) in [5.74, 6) is 0. The van der Waals surface area contributed by atoms with Crippen LogP contribution in [-0.4, -0.2) is 38.0 Å². The molecule has 2 rings (SSSR count). The summed E-state index contributed by atoms with van der Waals surface area (Å²) in [7, 11) is 0. The van der Waals surface area contributed by atoms with Crippen LogP contribution in [0.2, 0.25) is 0 Å². The topological polar surface area (TPSA) is 30.5 Å². The van der Waals surface area contributed by atoms with Crippen molar-refractivity contribution in [3.8, 4) is 0 Å². The molecule has 3 heteroatoms. The minimum Gasteiger partial charge on any atom is -0.378 e. The number of fused-ring (bicyclic) bond motifs is 2. The molecule has 3 unspecified atom stereocenters. The van der Waals surface area contributed by atoms with E-state index in [0.29, 0.717) is 18.2 Å².